The molecule has 0 atom stereocenters. The van der Waals surface area contributed by atoms with Crippen LogP contribution in [0.1, 0.15) is 15.9 Å². The number of fused-ring (bicyclic) bond motifs is 1. The van der Waals surface area contributed by atoms with Gasteiger partial charge in [0, 0.05) is 36.3 Å². The van der Waals surface area contributed by atoms with E-state index in [-0.39, 0.29) is 12.7 Å². The highest BCUT2D eigenvalue weighted by Gasteiger charge is 2.16. The van der Waals surface area contributed by atoms with Gasteiger partial charge >= 0.3 is 0 Å². The van der Waals surface area contributed by atoms with Gasteiger partial charge in [-0.25, -0.2) is 0 Å². The van der Waals surface area contributed by atoms with Crippen LogP contribution < -0.4 is 14.8 Å². The minimum absolute atomic E-state index is 0.178. The van der Waals surface area contributed by atoms with E-state index in [1.165, 1.54) is 0 Å². The lowest BCUT2D eigenvalue weighted by Crippen LogP contribution is -2.23. The molecule has 0 spiro atoms. The SMILES string of the molecule is O=C(NCc1cccnc1-c1ccncc1)c1ccc2c(c1)OCO2. The highest BCUT2D eigenvalue weighted by atomic mass is 16.7. The van der Waals surface area contributed by atoms with E-state index in [0.29, 0.717) is 23.6 Å². The molecule has 4 rings (SSSR count). The number of benzene rings is 1. The van der Waals surface area contributed by atoms with E-state index in [4.69, 9.17) is 9.47 Å². The van der Waals surface area contributed by atoms with Crippen LogP contribution in [0.3, 0.4) is 0 Å². The zero-order valence-corrected chi connectivity index (χ0v) is 13.3. The number of hydrogen-bond acceptors (Lipinski definition) is 5. The van der Waals surface area contributed by atoms with Crippen molar-refractivity contribution >= 4 is 5.91 Å². The molecule has 0 radical (unpaired) electrons. The first-order valence-corrected chi connectivity index (χ1v) is 7.83. The quantitative estimate of drug-likeness (QED) is 0.795. The lowest BCUT2D eigenvalue weighted by Gasteiger charge is -2.10. The predicted molar refractivity (Wildman–Crippen MR) is 91.2 cm³/mol. The minimum Gasteiger partial charge on any atom is -0.454 e. The van der Waals surface area contributed by atoms with Crippen LogP contribution in [0.2, 0.25) is 0 Å². The maximum Gasteiger partial charge on any atom is 0.251 e. The number of hydrogen-bond donors (Lipinski definition) is 1. The topological polar surface area (TPSA) is 73.3 Å². The summed E-state index contributed by atoms with van der Waals surface area (Å²) >= 11 is 0. The van der Waals surface area contributed by atoms with Gasteiger partial charge in [-0.05, 0) is 42.0 Å². The summed E-state index contributed by atoms with van der Waals surface area (Å²) in [5.41, 5.74) is 3.25. The summed E-state index contributed by atoms with van der Waals surface area (Å²) in [5, 5.41) is 2.93. The first-order valence-electron chi connectivity index (χ1n) is 7.83. The number of pyridine rings is 2. The van der Waals surface area contributed by atoms with Crippen LogP contribution in [0.25, 0.3) is 11.3 Å². The van der Waals surface area contributed by atoms with Gasteiger partial charge in [-0.15, -0.1) is 0 Å². The Morgan fingerprint density at radius 2 is 1.88 bits per heavy atom. The van der Waals surface area contributed by atoms with Gasteiger partial charge in [-0.1, -0.05) is 6.07 Å². The molecule has 2 aromatic heterocycles. The molecule has 0 unspecified atom stereocenters. The molecule has 0 saturated heterocycles. The van der Waals surface area contributed by atoms with E-state index in [0.717, 1.165) is 16.8 Å². The van der Waals surface area contributed by atoms with Crippen molar-refractivity contribution < 1.29 is 14.3 Å². The van der Waals surface area contributed by atoms with Crippen molar-refractivity contribution in [2.75, 3.05) is 6.79 Å². The molecule has 1 aliphatic rings. The zero-order valence-electron chi connectivity index (χ0n) is 13.3. The van der Waals surface area contributed by atoms with E-state index >= 15 is 0 Å². The number of rotatable bonds is 4. The van der Waals surface area contributed by atoms with Crippen molar-refractivity contribution in [2.45, 2.75) is 6.54 Å². The van der Waals surface area contributed by atoms with Gasteiger partial charge in [-0.3, -0.25) is 14.8 Å². The molecule has 1 N–H and O–H groups in total. The third-order valence-electron chi connectivity index (χ3n) is 3.92. The van der Waals surface area contributed by atoms with Crippen molar-refractivity contribution in [3.05, 3.63) is 72.2 Å². The second kappa shape index (κ2) is 6.60. The monoisotopic (exact) mass is 333 g/mol. The van der Waals surface area contributed by atoms with Crippen LogP contribution in [-0.4, -0.2) is 22.7 Å². The minimum atomic E-state index is -0.178. The molecule has 124 valence electrons. The average Bonchev–Trinajstić information content (AvgIpc) is 3.15. The average molecular weight is 333 g/mol. The van der Waals surface area contributed by atoms with Gasteiger partial charge in [0.2, 0.25) is 6.79 Å². The molecule has 3 aromatic rings. The Morgan fingerprint density at radius 1 is 1.04 bits per heavy atom. The standard InChI is InChI=1S/C19H15N3O3/c23-19(14-3-4-16-17(10-14)25-12-24-16)22-11-15-2-1-7-21-18(15)13-5-8-20-9-6-13/h1-10H,11-12H2,(H,22,23). The van der Waals surface area contributed by atoms with Gasteiger partial charge in [-0.2, -0.15) is 0 Å². The summed E-state index contributed by atoms with van der Waals surface area (Å²) in [6.45, 7) is 0.560. The van der Waals surface area contributed by atoms with Crippen molar-refractivity contribution in [1.29, 1.82) is 0 Å². The number of carbonyl (C=O) groups excluding carboxylic acids is 1. The van der Waals surface area contributed by atoms with E-state index in [2.05, 4.69) is 15.3 Å². The van der Waals surface area contributed by atoms with Crippen LogP contribution >= 0.6 is 0 Å². The highest BCUT2D eigenvalue weighted by molar-refractivity contribution is 5.95. The summed E-state index contributed by atoms with van der Waals surface area (Å²) in [5.74, 6) is 1.07. The molecular weight excluding hydrogens is 318 g/mol. The number of nitrogens with one attached hydrogen (secondary N) is 1. The maximum absolute atomic E-state index is 12.4. The van der Waals surface area contributed by atoms with E-state index in [9.17, 15) is 4.79 Å². The third kappa shape index (κ3) is 3.14. The molecule has 0 bridgehead atoms. The Morgan fingerprint density at radius 3 is 2.76 bits per heavy atom. The third-order valence-corrected chi connectivity index (χ3v) is 3.92. The van der Waals surface area contributed by atoms with Crippen LogP contribution in [0.15, 0.2) is 61.1 Å². The second-order valence-corrected chi connectivity index (χ2v) is 5.50. The van der Waals surface area contributed by atoms with Gasteiger partial charge in [0.05, 0.1) is 5.69 Å². The van der Waals surface area contributed by atoms with Crippen LogP contribution in [0.4, 0.5) is 0 Å². The smallest absolute Gasteiger partial charge is 0.251 e. The largest absolute Gasteiger partial charge is 0.454 e. The van der Waals surface area contributed by atoms with Gasteiger partial charge in [0.25, 0.3) is 5.91 Å². The number of nitrogens with zero attached hydrogens (tertiary/aromatic N) is 2. The number of ether oxygens (including phenoxy) is 2. The van der Waals surface area contributed by atoms with E-state index in [1.807, 2.05) is 24.3 Å². The van der Waals surface area contributed by atoms with Crippen molar-refractivity contribution in [2.24, 2.45) is 0 Å². The highest BCUT2D eigenvalue weighted by Crippen LogP contribution is 2.32. The summed E-state index contributed by atoms with van der Waals surface area (Å²) in [6, 6.07) is 12.7. The lowest BCUT2D eigenvalue weighted by molar-refractivity contribution is 0.0950. The molecule has 0 saturated carbocycles. The second-order valence-electron chi connectivity index (χ2n) is 5.50. The predicted octanol–water partition coefficient (Wildman–Crippen LogP) is 2.80. The van der Waals surface area contributed by atoms with Gasteiger partial charge in [0.1, 0.15) is 0 Å². The van der Waals surface area contributed by atoms with Gasteiger partial charge < -0.3 is 14.8 Å². The van der Waals surface area contributed by atoms with E-state index in [1.54, 1.807) is 36.8 Å². The van der Waals surface area contributed by atoms with Crippen molar-refractivity contribution in [3.63, 3.8) is 0 Å². The normalized spacial score (nSPS) is 12.0. The summed E-state index contributed by atoms with van der Waals surface area (Å²) in [7, 11) is 0. The maximum atomic E-state index is 12.4. The lowest BCUT2D eigenvalue weighted by atomic mass is 10.1. The number of aromatic nitrogens is 2. The molecule has 0 aliphatic carbocycles. The fourth-order valence-corrected chi connectivity index (χ4v) is 2.67. The summed E-state index contributed by atoms with van der Waals surface area (Å²) < 4.78 is 10.6. The molecule has 1 aliphatic heterocycles. The first kappa shape index (κ1) is 15.1. The van der Waals surface area contributed by atoms with Crippen LogP contribution in [0.5, 0.6) is 11.5 Å². The summed E-state index contributed by atoms with van der Waals surface area (Å²) in [6.07, 6.45) is 5.18. The van der Waals surface area contributed by atoms with E-state index < -0.39 is 0 Å². The molecular formula is C19H15N3O3. The molecule has 6 heteroatoms. The van der Waals surface area contributed by atoms with Crippen molar-refractivity contribution in [3.8, 4) is 22.8 Å². The number of amides is 1. The fraction of sp³-hybridized carbons (Fsp3) is 0.105. The van der Waals surface area contributed by atoms with Crippen LogP contribution in [0, 0.1) is 0 Å². The number of carbonyl (C=O) groups is 1. The molecule has 1 aromatic carbocycles. The molecule has 3 heterocycles. The molecule has 6 nitrogen and oxygen atoms in total. The molecule has 1 amide bonds. The fourth-order valence-electron chi connectivity index (χ4n) is 2.67. The van der Waals surface area contributed by atoms with Gasteiger partial charge in [0.15, 0.2) is 11.5 Å². The first-order chi connectivity index (χ1) is 12.3. The molecule has 0 fully saturated rings. The van der Waals surface area contributed by atoms with Crippen molar-refractivity contribution in [1.82, 2.24) is 15.3 Å². The van der Waals surface area contributed by atoms with Crippen LogP contribution in [-0.2, 0) is 6.54 Å². The Labute approximate surface area is 144 Å². The Kier molecular flexibility index (Phi) is 4.00. The molecule has 25 heavy (non-hydrogen) atoms. The zero-order chi connectivity index (χ0) is 17.1. The Hall–Kier alpha value is -3.41. The summed E-state index contributed by atoms with van der Waals surface area (Å²) in [4.78, 5) is 20.9. The Bertz CT molecular complexity index is 913. The Balaban J connectivity index is 1.51.